The van der Waals surface area contributed by atoms with Crippen LogP contribution in [0.4, 0.5) is 11.6 Å². The number of hydrogen-bond acceptors (Lipinski definition) is 5. The summed E-state index contributed by atoms with van der Waals surface area (Å²) in [7, 11) is 0. The summed E-state index contributed by atoms with van der Waals surface area (Å²) < 4.78 is 0. The second-order valence-corrected chi connectivity index (χ2v) is 6.47. The first-order valence-electron chi connectivity index (χ1n) is 7.73. The molecule has 0 saturated carbocycles. The van der Waals surface area contributed by atoms with Crippen LogP contribution >= 0.6 is 23.2 Å². The van der Waals surface area contributed by atoms with Crippen LogP contribution in [0.25, 0.3) is 10.9 Å². The Bertz CT molecular complexity index is 878. The van der Waals surface area contributed by atoms with Gasteiger partial charge >= 0.3 is 0 Å². The molecule has 24 heavy (non-hydrogen) atoms. The van der Waals surface area contributed by atoms with Gasteiger partial charge in [-0.3, -0.25) is 4.98 Å². The van der Waals surface area contributed by atoms with Gasteiger partial charge in [0.25, 0.3) is 0 Å². The zero-order chi connectivity index (χ0) is 16.5. The molecular formula is C17H15Cl2N5. The molecule has 5 nitrogen and oxygen atoms in total. The fourth-order valence-electron chi connectivity index (χ4n) is 3.01. The monoisotopic (exact) mass is 359 g/mol. The van der Waals surface area contributed by atoms with Gasteiger partial charge in [0.15, 0.2) is 0 Å². The third-order valence-corrected chi connectivity index (χ3v) is 4.64. The van der Waals surface area contributed by atoms with Crippen LogP contribution in [-0.2, 0) is 0 Å². The van der Waals surface area contributed by atoms with Crippen LogP contribution in [0.15, 0.2) is 42.7 Å². The number of rotatable bonds is 2. The van der Waals surface area contributed by atoms with Gasteiger partial charge in [0, 0.05) is 54.7 Å². The SMILES string of the molecule is Clc1ccc2c(N3CCN(c4nccc(Cl)n4)CC3)ccnc2c1. The summed E-state index contributed by atoms with van der Waals surface area (Å²) >= 11 is 12.0. The van der Waals surface area contributed by atoms with Crippen molar-refractivity contribution in [2.24, 2.45) is 0 Å². The molecule has 1 fully saturated rings. The van der Waals surface area contributed by atoms with Crippen LogP contribution in [0.1, 0.15) is 0 Å². The average molecular weight is 360 g/mol. The fourth-order valence-corrected chi connectivity index (χ4v) is 3.31. The summed E-state index contributed by atoms with van der Waals surface area (Å²) in [5.74, 6) is 0.688. The lowest BCUT2D eigenvalue weighted by molar-refractivity contribution is 0.641. The lowest BCUT2D eigenvalue weighted by atomic mass is 10.1. The van der Waals surface area contributed by atoms with Crippen LogP contribution < -0.4 is 9.80 Å². The summed E-state index contributed by atoms with van der Waals surface area (Å²) in [6.45, 7) is 3.46. The first-order chi connectivity index (χ1) is 11.7. The van der Waals surface area contributed by atoms with Crippen LogP contribution in [0.5, 0.6) is 0 Å². The molecule has 0 unspecified atom stereocenters. The smallest absolute Gasteiger partial charge is 0.226 e. The number of pyridine rings is 1. The third-order valence-electron chi connectivity index (χ3n) is 4.19. The van der Waals surface area contributed by atoms with Gasteiger partial charge in [-0.2, -0.15) is 0 Å². The van der Waals surface area contributed by atoms with Crippen LogP contribution in [0.2, 0.25) is 10.2 Å². The molecule has 0 bridgehead atoms. The first-order valence-corrected chi connectivity index (χ1v) is 8.49. The zero-order valence-electron chi connectivity index (χ0n) is 12.9. The zero-order valence-corrected chi connectivity index (χ0v) is 14.4. The number of nitrogens with zero attached hydrogens (tertiary/aromatic N) is 5. The van der Waals surface area contributed by atoms with E-state index in [0.717, 1.165) is 37.1 Å². The normalized spacial score (nSPS) is 15.1. The van der Waals surface area contributed by atoms with Crippen molar-refractivity contribution in [3.05, 3.63) is 52.9 Å². The number of benzene rings is 1. The second-order valence-electron chi connectivity index (χ2n) is 5.65. The van der Waals surface area contributed by atoms with Crippen LogP contribution in [0, 0.1) is 0 Å². The van der Waals surface area contributed by atoms with Gasteiger partial charge in [-0.15, -0.1) is 0 Å². The maximum Gasteiger partial charge on any atom is 0.226 e. The molecule has 1 saturated heterocycles. The highest BCUT2D eigenvalue weighted by Gasteiger charge is 2.20. The molecule has 4 rings (SSSR count). The highest BCUT2D eigenvalue weighted by atomic mass is 35.5. The Kier molecular flexibility index (Phi) is 4.12. The van der Waals surface area contributed by atoms with Crippen molar-refractivity contribution in [3.63, 3.8) is 0 Å². The van der Waals surface area contributed by atoms with E-state index >= 15 is 0 Å². The van der Waals surface area contributed by atoms with Gasteiger partial charge in [-0.05, 0) is 30.3 Å². The lowest BCUT2D eigenvalue weighted by Gasteiger charge is -2.36. The maximum atomic E-state index is 6.07. The molecule has 0 amide bonds. The molecule has 0 radical (unpaired) electrons. The minimum absolute atomic E-state index is 0.472. The summed E-state index contributed by atoms with van der Waals surface area (Å²) in [5.41, 5.74) is 2.10. The summed E-state index contributed by atoms with van der Waals surface area (Å²) in [6.07, 6.45) is 3.53. The van der Waals surface area contributed by atoms with Crippen molar-refractivity contribution < 1.29 is 0 Å². The van der Waals surface area contributed by atoms with E-state index in [1.54, 1.807) is 12.3 Å². The van der Waals surface area contributed by atoms with Gasteiger partial charge in [0.05, 0.1) is 5.52 Å². The summed E-state index contributed by atoms with van der Waals surface area (Å²) in [6, 6.07) is 9.59. The van der Waals surface area contributed by atoms with Crippen molar-refractivity contribution >= 4 is 45.7 Å². The Morgan fingerprint density at radius 1 is 0.833 bits per heavy atom. The topological polar surface area (TPSA) is 45.2 Å². The number of hydrogen-bond donors (Lipinski definition) is 0. The standard InChI is InChI=1S/C17H15Cl2N5/c18-12-1-2-13-14(11-12)20-5-3-15(13)23-7-9-24(10-8-23)17-21-6-4-16(19)22-17/h1-6,11H,7-10H2. The minimum Gasteiger partial charge on any atom is -0.367 e. The fraction of sp³-hybridized carbons (Fsp3) is 0.235. The van der Waals surface area contributed by atoms with E-state index in [0.29, 0.717) is 16.1 Å². The van der Waals surface area contributed by atoms with Crippen LogP contribution in [-0.4, -0.2) is 41.1 Å². The van der Waals surface area contributed by atoms with Crippen molar-refractivity contribution in [1.29, 1.82) is 0 Å². The molecule has 0 N–H and O–H groups in total. The van der Waals surface area contributed by atoms with E-state index in [2.05, 4.69) is 30.8 Å². The van der Waals surface area contributed by atoms with E-state index in [1.165, 1.54) is 5.69 Å². The molecule has 7 heteroatoms. The predicted octanol–water partition coefficient (Wildman–Crippen LogP) is 3.66. The molecule has 3 heterocycles. The predicted molar refractivity (Wildman–Crippen MR) is 98.2 cm³/mol. The minimum atomic E-state index is 0.472. The van der Waals surface area contributed by atoms with Crippen molar-refractivity contribution in [2.45, 2.75) is 0 Å². The number of halogens is 2. The molecule has 1 aliphatic rings. The highest BCUT2D eigenvalue weighted by molar-refractivity contribution is 6.31. The molecule has 0 spiro atoms. The van der Waals surface area contributed by atoms with Gasteiger partial charge in [0.2, 0.25) is 5.95 Å². The van der Waals surface area contributed by atoms with E-state index in [1.807, 2.05) is 24.4 Å². The van der Waals surface area contributed by atoms with Gasteiger partial charge in [-0.1, -0.05) is 23.2 Å². The maximum absolute atomic E-state index is 6.07. The Labute approximate surface area is 149 Å². The largest absolute Gasteiger partial charge is 0.367 e. The molecule has 0 aliphatic carbocycles. The van der Waals surface area contributed by atoms with E-state index in [4.69, 9.17) is 23.2 Å². The van der Waals surface area contributed by atoms with E-state index < -0.39 is 0 Å². The molecule has 2 aromatic heterocycles. The van der Waals surface area contributed by atoms with Gasteiger partial charge in [-0.25, -0.2) is 9.97 Å². The number of anilines is 2. The number of aromatic nitrogens is 3. The summed E-state index contributed by atoms with van der Waals surface area (Å²) in [4.78, 5) is 17.5. The van der Waals surface area contributed by atoms with Crippen molar-refractivity contribution in [1.82, 2.24) is 15.0 Å². The third kappa shape index (κ3) is 2.97. The average Bonchev–Trinajstić information content (AvgIpc) is 2.61. The second kappa shape index (κ2) is 6.42. The van der Waals surface area contributed by atoms with Gasteiger partial charge < -0.3 is 9.80 Å². The first kappa shape index (κ1) is 15.4. The van der Waals surface area contributed by atoms with Crippen LogP contribution in [0.3, 0.4) is 0 Å². The Hall–Kier alpha value is -2.11. The Balaban J connectivity index is 1.56. The quantitative estimate of drug-likeness (QED) is 0.653. The highest BCUT2D eigenvalue weighted by Crippen LogP contribution is 2.28. The van der Waals surface area contributed by atoms with Gasteiger partial charge in [0.1, 0.15) is 5.15 Å². The number of fused-ring (bicyclic) bond motifs is 1. The lowest BCUT2D eigenvalue weighted by Crippen LogP contribution is -2.47. The Morgan fingerprint density at radius 3 is 2.38 bits per heavy atom. The summed E-state index contributed by atoms with van der Waals surface area (Å²) in [5, 5.41) is 2.30. The van der Waals surface area contributed by atoms with E-state index in [9.17, 15) is 0 Å². The van der Waals surface area contributed by atoms with Crippen molar-refractivity contribution in [2.75, 3.05) is 36.0 Å². The van der Waals surface area contributed by atoms with E-state index in [-0.39, 0.29) is 0 Å². The molecule has 1 aromatic carbocycles. The molecule has 0 atom stereocenters. The molecule has 3 aromatic rings. The Morgan fingerprint density at radius 2 is 1.58 bits per heavy atom. The van der Waals surface area contributed by atoms with Crippen molar-refractivity contribution in [3.8, 4) is 0 Å². The molecule has 1 aliphatic heterocycles. The number of piperazine rings is 1. The molecular weight excluding hydrogens is 345 g/mol. The molecule has 122 valence electrons.